The summed E-state index contributed by atoms with van der Waals surface area (Å²) >= 11 is 0. The van der Waals surface area contributed by atoms with Crippen LogP contribution in [0.3, 0.4) is 0 Å². The van der Waals surface area contributed by atoms with Gasteiger partial charge in [0.15, 0.2) is 0 Å². The Labute approximate surface area is 106 Å². The molecule has 0 aliphatic rings. The maximum atomic E-state index is 4.52. The topological polar surface area (TPSA) is 25.2 Å². The van der Waals surface area contributed by atoms with E-state index in [1.807, 2.05) is 42.5 Å². The fraction of sp³-hybridized carbons (Fsp3) is 0. The van der Waals surface area contributed by atoms with Gasteiger partial charge >= 0.3 is 0 Å². The van der Waals surface area contributed by atoms with Crippen LogP contribution in [0.4, 0.5) is 5.69 Å². The molecule has 0 amide bonds. The third-order valence-corrected chi connectivity index (χ3v) is 2.79. The van der Waals surface area contributed by atoms with Gasteiger partial charge in [-0.1, -0.05) is 42.5 Å². The molecule has 86 valence electrons. The highest BCUT2D eigenvalue weighted by molar-refractivity contribution is 5.94. The number of aromatic nitrogens is 1. The van der Waals surface area contributed by atoms with E-state index in [1.54, 1.807) is 12.4 Å². The molecule has 2 nitrogen and oxygen atoms in total. The van der Waals surface area contributed by atoms with Crippen molar-refractivity contribution in [2.24, 2.45) is 4.99 Å². The van der Waals surface area contributed by atoms with Crippen molar-refractivity contribution in [2.75, 3.05) is 0 Å². The Morgan fingerprint density at radius 1 is 0.833 bits per heavy atom. The van der Waals surface area contributed by atoms with E-state index in [4.69, 9.17) is 0 Å². The Hall–Kier alpha value is -2.48. The lowest BCUT2D eigenvalue weighted by molar-refractivity contribution is 1.30. The Morgan fingerprint density at radius 3 is 2.56 bits per heavy atom. The van der Waals surface area contributed by atoms with Crippen molar-refractivity contribution in [1.82, 2.24) is 4.98 Å². The van der Waals surface area contributed by atoms with Crippen LogP contribution in [0.2, 0.25) is 0 Å². The number of hydrogen-bond donors (Lipinski definition) is 0. The Kier molecular flexibility index (Phi) is 2.84. The first-order valence-corrected chi connectivity index (χ1v) is 5.86. The summed E-state index contributed by atoms with van der Waals surface area (Å²) < 4.78 is 0. The predicted octanol–water partition coefficient (Wildman–Crippen LogP) is 3.99. The molecule has 0 bridgehead atoms. The van der Waals surface area contributed by atoms with E-state index in [9.17, 15) is 0 Å². The van der Waals surface area contributed by atoms with E-state index >= 15 is 0 Å². The predicted molar refractivity (Wildman–Crippen MR) is 75.4 cm³/mol. The lowest BCUT2D eigenvalue weighted by Crippen LogP contribution is -1.84. The van der Waals surface area contributed by atoms with E-state index in [0.717, 1.165) is 16.8 Å². The minimum atomic E-state index is 0.866. The average Bonchev–Trinajstić information content (AvgIpc) is 2.46. The standard InChI is InChI=1S/C16H12N2/c1-2-9-15-13(6-1)7-5-10-16(15)18-12-14-8-3-4-11-17-14/h1-12H. The van der Waals surface area contributed by atoms with E-state index in [0.29, 0.717) is 0 Å². The van der Waals surface area contributed by atoms with Crippen LogP contribution in [0.5, 0.6) is 0 Å². The molecule has 1 aromatic heterocycles. The van der Waals surface area contributed by atoms with Crippen molar-refractivity contribution in [1.29, 1.82) is 0 Å². The van der Waals surface area contributed by atoms with Crippen LogP contribution in [0.1, 0.15) is 5.69 Å². The number of aliphatic imine (C=N–C) groups is 1. The van der Waals surface area contributed by atoms with Gasteiger partial charge in [0.2, 0.25) is 0 Å². The van der Waals surface area contributed by atoms with Crippen LogP contribution in [0.25, 0.3) is 10.8 Å². The fourth-order valence-corrected chi connectivity index (χ4v) is 1.91. The minimum Gasteiger partial charge on any atom is -0.255 e. The first-order valence-electron chi connectivity index (χ1n) is 5.86. The number of benzene rings is 2. The van der Waals surface area contributed by atoms with Gasteiger partial charge in [-0.25, -0.2) is 0 Å². The molecule has 0 radical (unpaired) electrons. The van der Waals surface area contributed by atoms with Crippen molar-refractivity contribution >= 4 is 22.7 Å². The molecule has 0 aliphatic carbocycles. The first kappa shape index (κ1) is 10.7. The molecule has 0 N–H and O–H groups in total. The number of rotatable bonds is 2. The summed E-state index contributed by atoms with van der Waals surface area (Å²) in [7, 11) is 0. The summed E-state index contributed by atoms with van der Waals surface area (Å²) in [5.74, 6) is 0. The van der Waals surface area contributed by atoms with Crippen molar-refractivity contribution in [3.63, 3.8) is 0 Å². The Balaban J connectivity index is 2.03. The van der Waals surface area contributed by atoms with E-state index in [2.05, 4.69) is 28.2 Å². The lowest BCUT2D eigenvalue weighted by Gasteiger charge is -2.00. The minimum absolute atomic E-state index is 0.866. The summed E-state index contributed by atoms with van der Waals surface area (Å²) in [6.45, 7) is 0. The number of fused-ring (bicyclic) bond motifs is 1. The van der Waals surface area contributed by atoms with Crippen LogP contribution >= 0.6 is 0 Å². The number of nitrogens with zero attached hydrogens (tertiary/aromatic N) is 2. The molecule has 0 saturated heterocycles. The first-order chi connectivity index (χ1) is 8.93. The summed E-state index contributed by atoms with van der Waals surface area (Å²) in [4.78, 5) is 8.74. The summed E-state index contributed by atoms with van der Waals surface area (Å²) in [5, 5.41) is 2.36. The molecule has 0 spiro atoms. The highest BCUT2D eigenvalue weighted by atomic mass is 14.8. The number of hydrogen-bond acceptors (Lipinski definition) is 2. The third-order valence-electron chi connectivity index (χ3n) is 2.79. The molecule has 2 heteroatoms. The van der Waals surface area contributed by atoms with Gasteiger partial charge in [-0.15, -0.1) is 0 Å². The Bertz CT molecular complexity index is 682. The smallest absolute Gasteiger partial charge is 0.0812 e. The van der Waals surface area contributed by atoms with Crippen molar-refractivity contribution in [3.05, 3.63) is 72.6 Å². The normalized spacial score (nSPS) is 11.1. The van der Waals surface area contributed by atoms with Gasteiger partial charge in [-0.05, 0) is 23.6 Å². The second kappa shape index (κ2) is 4.80. The van der Waals surface area contributed by atoms with Gasteiger partial charge in [-0.2, -0.15) is 0 Å². The monoisotopic (exact) mass is 232 g/mol. The second-order valence-corrected chi connectivity index (χ2v) is 4.01. The number of pyridine rings is 1. The molecule has 18 heavy (non-hydrogen) atoms. The van der Waals surface area contributed by atoms with Crippen LogP contribution in [0.15, 0.2) is 71.9 Å². The molecule has 0 fully saturated rings. The van der Waals surface area contributed by atoms with Gasteiger partial charge in [0, 0.05) is 11.6 Å². The summed E-state index contributed by atoms with van der Waals surface area (Å²) in [6, 6.07) is 20.2. The van der Waals surface area contributed by atoms with Gasteiger partial charge in [0.25, 0.3) is 0 Å². The zero-order valence-electron chi connectivity index (χ0n) is 9.82. The fourth-order valence-electron chi connectivity index (χ4n) is 1.91. The van der Waals surface area contributed by atoms with Gasteiger partial charge in [0.1, 0.15) is 0 Å². The van der Waals surface area contributed by atoms with E-state index in [1.165, 1.54) is 5.39 Å². The SMILES string of the molecule is C(=Nc1cccc2ccccc12)c1ccccn1. The lowest BCUT2D eigenvalue weighted by atomic mass is 10.1. The largest absolute Gasteiger partial charge is 0.255 e. The molecule has 1 heterocycles. The summed E-state index contributed by atoms with van der Waals surface area (Å²) in [6.07, 6.45) is 3.56. The average molecular weight is 232 g/mol. The highest BCUT2D eigenvalue weighted by Crippen LogP contribution is 2.25. The third kappa shape index (κ3) is 2.13. The van der Waals surface area contributed by atoms with Gasteiger partial charge < -0.3 is 0 Å². The zero-order chi connectivity index (χ0) is 12.2. The zero-order valence-corrected chi connectivity index (χ0v) is 9.82. The Morgan fingerprint density at radius 2 is 1.67 bits per heavy atom. The van der Waals surface area contributed by atoms with Crippen molar-refractivity contribution in [2.45, 2.75) is 0 Å². The quantitative estimate of drug-likeness (QED) is 0.613. The highest BCUT2D eigenvalue weighted by Gasteiger charge is 1.97. The summed E-state index contributed by atoms with van der Waals surface area (Å²) in [5.41, 5.74) is 1.84. The maximum absolute atomic E-state index is 4.52. The van der Waals surface area contributed by atoms with Crippen molar-refractivity contribution in [3.8, 4) is 0 Å². The molecule has 3 aromatic rings. The second-order valence-electron chi connectivity index (χ2n) is 4.01. The molecular formula is C16H12N2. The molecule has 0 saturated carbocycles. The van der Waals surface area contributed by atoms with Crippen LogP contribution in [-0.4, -0.2) is 11.2 Å². The maximum Gasteiger partial charge on any atom is 0.0812 e. The van der Waals surface area contributed by atoms with E-state index in [-0.39, 0.29) is 0 Å². The van der Waals surface area contributed by atoms with Gasteiger partial charge in [-0.3, -0.25) is 9.98 Å². The van der Waals surface area contributed by atoms with E-state index < -0.39 is 0 Å². The molecule has 0 atom stereocenters. The van der Waals surface area contributed by atoms with Crippen LogP contribution in [-0.2, 0) is 0 Å². The molecule has 2 aromatic carbocycles. The van der Waals surface area contributed by atoms with Crippen LogP contribution in [0, 0.1) is 0 Å². The molecule has 0 unspecified atom stereocenters. The van der Waals surface area contributed by atoms with Crippen molar-refractivity contribution < 1.29 is 0 Å². The molecular weight excluding hydrogens is 220 g/mol. The van der Waals surface area contributed by atoms with Crippen LogP contribution < -0.4 is 0 Å². The molecule has 0 aliphatic heterocycles. The molecule has 3 rings (SSSR count). The van der Waals surface area contributed by atoms with Gasteiger partial charge in [0.05, 0.1) is 17.6 Å².